The van der Waals surface area contributed by atoms with Gasteiger partial charge in [-0.05, 0) is 56.2 Å². The number of hydrogen-bond acceptors (Lipinski definition) is 6. The Morgan fingerprint density at radius 2 is 1.74 bits per heavy atom. The zero-order chi connectivity index (χ0) is 24.7. The van der Waals surface area contributed by atoms with Gasteiger partial charge in [-0.2, -0.15) is 0 Å². The highest BCUT2D eigenvalue weighted by Gasteiger charge is 2.49. The Balaban J connectivity index is 2.01. The van der Waals surface area contributed by atoms with Gasteiger partial charge < -0.3 is 19.0 Å². The molecule has 0 spiro atoms. The van der Waals surface area contributed by atoms with E-state index >= 15 is 0 Å². The summed E-state index contributed by atoms with van der Waals surface area (Å²) in [7, 11) is 2.87. The third-order valence-corrected chi connectivity index (χ3v) is 6.34. The van der Waals surface area contributed by atoms with Crippen molar-refractivity contribution in [1.82, 2.24) is 0 Å². The van der Waals surface area contributed by atoms with Crippen molar-refractivity contribution in [3.8, 4) is 11.5 Å². The van der Waals surface area contributed by atoms with Gasteiger partial charge in [0.2, 0.25) is 0 Å². The van der Waals surface area contributed by atoms with Gasteiger partial charge in [0.25, 0.3) is 11.7 Å². The second kappa shape index (κ2) is 8.91. The van der Waals surface area contributed by atoms with Gasteiger partial charge in [-0.1, -0.05) is 23.7 Å². The van der Waals surface area contributed by atoms with E-state index in [1.54, 1.807) is 25.1 Å². The number of carbonyl (C=O) groups is 2. The highest BCUT2D eigenvalue weighted by Crippen LogP contribution is 2.45. The molecule has 0 radical (unpaired) electrons. The van der Waals surface area contributed by atoms with Crippen LogP contribution in [0.15, 0.2) is 52.5 Å². The van der Waals surface area contributed by atoms with E-state index in [2.05, 4.69) is 0 Å². The number of amides is 1. The minimum atomic E-state index is -0.986. The van der Waals surface area contributed by atoms with E-state index in [0.29, 0.717) is 23.0 Å². The number of carbonyl (C=O) groups excluding carboxylic acids is 2. The molecule has 0 saturated carbocycles. The number of methoxy groups -OCH3 is 2. The Bertz CT molecular complexity index is 1340. The minimum absolute atomic E-state index is 0.125. The maximum absolute atomic E-state index is 13.3. The summed E-state index contributed by atoms with van der Waals surface area (Å²) in [6.45, 7) is 5.56. The second-order valence-corrected chi connectivity index (χ2v) is 8.43. The van der Waals surface area contributed by atoms with E-state index in [-0.39, 0.29) is 21.9 Å². The van der Waals surface area contributed by atoms with Crippen LogP contribution in [-0.2, 0) is 9.59 Å². The average molecular weight is 482 g/mol. The standard InChI is InChI=1S/C26H24ClNO6/c1-13-7-6-8-18(15(13)3)28-23(19-10-9-14(2)34-19)22(25(30)26(28)31)24(29)16-11-17(27)21(33-5)12-20(16)32-4/h6-12,23,29H,1-5H3/b24-22+. The van der Waals surface area contributed by atoms with Crippen LogP contribution in [0.25, 0.3) is 5.76 Å². The quantitative estimate of drug-likeness (QED) is 0.294. The molecule has 1 aliphatic rings. The fourth-order valence-electron chi connectivity index (χ4n) is 4.14. The Hall–Kier alpha value is -3.71. The zero-order valence-electron chi connectivity index (χ0n) is 19.4. The molecule has 8 heteroatoms. The second-order valence-electron chi connectivity index (χ2n) is 8.02. The summed E-state index contributed by atoms with van der Waals surface area (Å²) >= 11 is 6.30. The summed E-state index contributed by atoms with van der Waals surface area (Å²) in [6.07, 6.45) is 0. The number of benzene rings is 2. The van der Waals surface area contributed by atoms with Gasteiger partial charge in [0.1, 0.15) is 34.8 Å². The molecule has 1 aromatic heterocycles. The lowest BCUT2D eigenvalue weighted by Crippen LogP contribution is -2.30. The SMILES string of the molecule is COc1cc(OC)c(/C(O)=C2\C(=O)C(=O)N(c3cccc(C)c3C)C2c2ccc(C)o2)cc1Cl. The Morgan fingerprint density at radius 3 is 2.35 bits per heavy atom. The molecule has 2 heterocycles. The van der Waals surface area contributed by atoms with E-state index < -0.39 is 23.5 Å². The van der Waals surface area contributed by atoms with Crippen molar-refractivity contribution in [2.75, 3.05) is 19.1 Å². The van der Waals surface area contributed by atoms with Gasteiger partial charge >= 0.3 is 0 Å². The predicted molar refractivity (Wildman–Crippen MR) is 129 cm³/mol. The molecule has 1 aliphatic heterocycles. The van der Waals surface area contributed by atoms with Gasteiger partial charge in [-0.25, -0.2) is 0 Å². The van der Waals surface area contributed by atoms with Crippen molar-refractivity contribution < 1.29 is 28.6 Å². The van der Waals surface area contributed by atoms with E-state index in [9.17, 15) is 14.7 Å². The highest BCUT2D eigenvalue weighted by molar-refractivity contribution is 6.51. The van der Waals surface area contributed by atoms with Crippen LogP contribution in [0.3, 0.4) is 0 Å². The number of hydrogen-bond donors (Lipinski definition) is 1. The predicted octanol–water partition coefficient (Wildman–Crippen LogP) is 5.50. The monoisotopic (exact) mass is 481 g/mol. The van der Waals surface area contributed by atoms with Crippen molar-refractivity contribution in [1.29, 1.82) is 0 Å². The van der Waals surface area contributed by atoms with Crippen molar-refractivity contribution in [3.05, 3.63) is 81.3 Å². The maximum atomic E-state index is 13.3. The summed E-state index contributed by atoms with van der Waals surface area (Å²) in [5.74, 6) is -0.523. The van der Waals surface area contributed by atoms with E-state index in [1.807, 2.05) is 26.0 Å². The number of aryl methyl sites for hydroxylation is 2. The third-order valence-electron chi connectivity index (χ3n) is 6.04. The summed E-state index contributed by atoms with van der Waals surface area (Å²) < 4.78 is 16.5. The van der Waals surface area contributed by atoms with Crippen LogP contribution in [-0.4, -0.2) is 31.0 Å². The molecule has 1 fully saturated rings. The molecule has 1 saturated heterocycles. The Kier molecular flexibility index (Phi) is 6.15. The number of rotatable bonds is 5. The molecule has 3 aromatic rings. The summed E-state index contributed by atoms with van der Waals surface area (Å²) in [4.78, 5) is 28.1. The molecule has 0 aliphatic carbocycles. The lowest BCUT2D eigenvalue weighted by atomic mass is 9.98. The van der Waals surface area contributed by atoms with Gasteiger partial charge in [0.15, 0.2) is 0 Å². The molecule has 2 aromatic carbocycles. The van der Waals surface area contributed by atoms with Crippen LogP contribution in [0.5, 0.6) is 11.5 Å². The molecule has 0 bridgehead atoms. The van der Waals surface area contributed by atoms with Gasteiger partial charge in [-0.15, -0.1) is 0 Å². The minimum Gasteiger partial charge on any atom is -0.507 e. The first-order valence-electron chi connectivity index (χ1n) is 10.5. The molecule has 7 nitrogen and oxygen atoms in total. The van der Waals surface area contributed by atoms with Gasteiger partial charge in [-0.3, -0.25) is 14.5 Å². The third kappa shape index (κ3) is 3.72. The first-order valence-corrected chi connectivity index (χ1v) is 10.9. The lowest BCUT2D eigenvalue weighted by Gasteiger charge is -2.25. The number of ketones is 1. The van der Waals surface area contributed by atoms with Gasteiger partial charge in [0.05, 0.1) is 30.4 Å². The van der Waals surface area contributed by atoms with Crippen LogP contribution in [0, 0.1) is 20.8 Å². The summed E-state index contributed by atoms with van der Waals surface area (Å²) in [6, 6.07) is 10.9. The highest BCUT2D eigenvalue weighted by atomic mass is 35.5. The van der Waals surface area contributed by atoms with Crippen LogP contribution >= 0.6 is 11.6 Å². The maximum Gasteiger partial charge on any atom is 0.300 e. The van der Waals surface area contributed by atoms with Crippen molar-refractivity contribution in [3.63, 3.8) is 0 Å². The normalized spacial score (nSPS) is 17.4. The smallest absolute Gasteiger partial charge is 0.300 e. The molecule has 1 N–H and O–H groups in total. The van der Waals surface area contributed by atoms with Crippen molar-refractivity contribution in [2.45, 2.75) is 26.8 Å². The number of nitrogens with zero attached hydrogens (tertiary/aromatic N) is 1. The average Bonchev–Trinajstić information content (AvgIpc) is 3.36. The topological polar surface area (TPSA) is 89.2 Å². The van der Waals surface area contributed by atoms with E-state index in [4.69, 9.17) is 25.5 Å². The zero-order valence-corrected chi connectivity index (χ0v) is 20.2. The van der Waals surface area contributed by atoms with Crippen LogP contribution in [0.4, 0.5) is 5.69 Å². The Morgan fingerprint density at radius 1 is 1.03 bits per heavy atom. The molecular formula is C26H24ClNO6. The molecular weight excluding hydrogens is 458 g/mol. The summed E-state index contributed by atoms with van der Waals surface area (Å²) in [5, 5.41) is 11.6. The lowest BCUT2D eigenvalue weighted by molar-refractivity contribution is -0.132. The molecule has 4 rings (SSSR count). The molecule has 1 atom stereocenters. The molecule has 1 unspecified atom stereocenters. The summed E-state index contributed by atoms with van der Waals surface area (Å²) in [5.41, 5.74) is 2.38. The number of anilines is 1. The number of halogens is 1. The van der Waals surface area contributed by atoms with Crippen molar-refractivity contribution in [2.24, 2.45) is 0 Å². The number of aliphatic hydroxyl groups excluding tert-OH is 1. The fraction of sp³-hybridized carbons (Fsp3) is 0.231. The van der Waals surface area contributed by atoms with E-state index in [0.717, 1.165) is 11.1 Å². The van der Waals surface area contributed by atoms with E-state index in [1.165, 1.54) is 31.3 Å². The largest absolute Gasteiger partial charge is 0.507 e. The fourth-order valence-corrected chi connectivity index (χ4v) is 4.38. The number of furan rings is 1. The van der Waals surface area contributed by atoms with Crippen LogP contribution in [0.1, 0.15) is 34.3 Å². The first-order chi connectivity index (χ1) is 16.2. The first kappa shape index (κ1) is 23.4. The van der Waals surface area contributed by atoms with Gasteiger partial charge in [0, 0.05) is 11.8 Å². The number of aliphatic hydroxyl groups is 1. The molecule has 176 valence electrons. The Labute approximate surface area is 202 Å². The van der Waals surface area contributed by atoms with Crippen molar-refractivity contribution >= 4 is 34.7 Å². The van der Waals surface area contributed by atoms with Crippen LogP contribution < -0.4 is 14.4 Å². The van der Waals surface area contributed by atoms with Crippen LogP contribution in [0.2, 0.25) is 5.02 Å². The number of ether oxygens (including phenoxy) is 2. The number of Topliss-reactive ketones (excluding diaryl/α,β-unsaturated/α-hetero) is 1. The molecule has 1 amide bonds. The molecule has 34 heavy (non-hydrogen) atoms.